The Morgan fingerprint density at radius 2 is 2.20 bits per heavy atom. The number of thiazole rings is 1. The summed E-state index contributed by atoms with van der Waals surface area (Å²) in [5.41, 5.74) is 4.51. The van der Waals surface area contributed by atoms with E-state index in [-0.39, 0.29) is 0 Å². The molecule has 0 N–H and O–H groups in total. The highest BCUT2D eigenvalue weighted by atomic mass is 32.1. The Morgan fingerprint density at radius 3 is 2.80 bits per heavy atom. The monoisotopic (exact) mass is 215 g/mol. The first kappa shape index (κ1) is 10.1. The molecule has 0 unspecified atom stereocenters. The van der Waals surface area contributed by atoms with E-state index < -0.39 is 0 Å². The summed E-state index contributed by atoms with van der Waals surface area (Å²) in [6, 6.07) is 8.39. The van der Waals surface area contributed by atoms with E-state index in [1.54, 1.807) is 11.3 Å². The molecule has 2 heteroatoms. The van der Waals surface area contributed by atoms with Gasteiger partial charge in [-0.15, -0.1) is 11.3 Å². The van der Waals surface area contributed by atoms with E-state index in [0.717, 1.165) is 16.3 Å². The molecule has 0 radical (unpaired) electrons. The number of nitrogens with zero attached hydrogens (tertiary/aromatic N) is 1. The predicted octanol–water partition coefficient (Wildman–Crippen LogP) is 4.15. The second kappa shape index (κ2) is 3.99. The average molecular weight is 215 g/mol. The first-order valence-electron chi connectivity index (χ1n) is 4.85. The molecule has 0 saturated heterocycles. The van der Waals surface area contributed by atoms with Crippen LogP contribution in [0, 0.1) is 6.92 Å². The van der Waals surface area contributed by atoms with E-state index in [1.807, 2.05) is 6.92 Å². The van der Waals surface area contributed by atoms with Gasteiger partial charge < -0.3 is 0 Å². The Bertz CT molecular complexity index is 497. The molecule has 1 aromatic heterocycles. The van der Waals surface area contributed by atoms with Crippen molar-refractivity contribution in [2.24, 2.45) is 0 Å². The maximum absolute atomic E-state index is 4.54. The highest BCUT2D eigenvalue weighted by Gasteiger charge is 2.04. The van der Waals surface area contributed by atoms with Crippen LogP contribution in [0.4, 0.5) is 0 Å². The summed E-state index contributed by atoms with van der Waals surface area (Å²) in [7, 11) is 0. The van der Waals surface area contributed by atoms with Crippen molar-refractivity contribution in [2.75, 3.05) is 0 Å². The lowest BCUT2D eigenvalue weighted by Gasteiger charge is -1.97. The van der Waals surface area contributed by atoms with Crippen LogP contribution in [0.3, 0.4) is 0 Å². The van der Waals surface area contributed by atoms with Crippen molar-refractivity contribution >= 4 is 16.9 Å². The number of hydrogen-bond donors (Lipinski definition) is 0. The number of aromatic nitrogens is 1. The largest absolute Gasteiger partial charge is 0.236 e. The fourth-order valence-electron chi connectivity index (χ4n) is 1.41. The van der Waals surface area contributed by atoms with Gasteiger partial charge in [-0.3, -0.25) is 0 Å². The van der Waals surface area contributed by atoms with Gasteiger partial charge in [0.2, 0.25) is 0 Å². The van der Waals surface area contributed by atoms with E-state index in [1.165, 1.54) is 11.1 Å². The van der Waals surface area contributed by atoms with Gasteiger partial charge in [0.15, 0.2) is 0 Å². The summed E-state index contributed by atoms with van der Waals surface area (Å²) in [4.78, 5) is 4.54. The molecular weight excluding hydrogens is 202 g/mol. The number of hydrogen-bond acceptors (Lipinski definition) is 2. The highest BCUT2D eigenvalue weighted by Crippen LogP contribution is 2.25. The van der Waals surface area contributed by atoms with Gasteiger partial charge >= 0.3 is 0 Å². The van der Waals surface area contributed by atoms with E-state index in [2.05, 4.69) is 48.1 Å². The molecule has 15 heavy (non-hydrogen) atoms. The van der Waals surface area contributed by atoms with Gasteiger partial charge in [-0.25, -0.2) is 4.98 Å². The first-order chi connectivity index (χ1) is 7.16. The quantitative estimate of drug-likeness (QED) is 0.733. The summed E-state index contributed by atoms with van der Waals surface area (Å²) < 4.78 is 0. The second-order valence-electron chi connectivity index (χ2n) is 3.69. The maximum atomic E-state index is 4.54. The van der Waals surface area contributed by atoms with E-state index in [4.69, 9.17) is 0 Å². The van der Waals surface area contributed by atoms with Crippen LogP contribution in [-0.4, -0.2) is 4.98 Å². The zero-order valence-corrected chi connectivity index (χ0v) is 9.77. The highest BCUT2D eigenvalue weighted by molar-refractivity contribution is 7.11. The third-order valence-electron chi connectivity index (χ3n) is 2.18. The van der Waals surface area contributed by atoms with E-state index in [9.17, 15) is 0 Å². The fourth-order valence-corrected chi connectivity index (χ4v) is 2.17. The number of allylic oxidation sites excluding steroid dienone is 1. The van der Waals surface area contributed by atoms with Crippen molar-refractivity contribution in [3.05, 3.63) is 46.8 Å². The Hall–Kier alpha value is -1.41. The lowest BCUT2D eigenvalue weighted by Crippen LogP contribution is -1.80. The second-order valence-corrected chi connectivity index (χ2v) is 4.55. The molecule has 2 aromatic rings. The van der Waals surface area contributed by atoms with Crippen LogP contribution in [0.5, 0.6) is 0 Å². The standard InChI is InChI=1S/C13H13NS/c1-9(2)13-14-12(8-15-13)11-6-4-5-10(3)7-11/h4-8H,1H2,2-3H3. The normalized spacial score (nSPS) is 10.3. The smallest absolute Gasteiger partial charge is 0.119 e. The Kier molecular flexibility index (Phi) is 2.69. The van der Waals surface area contributed by atoms with Gasteiger partial charge in [-0.1, -0.05) is 30.3 Å². The third-order valence-corrected chi connectivity index (χ3v) is 3.19. The van der Waals surface area contributed by atoms with Gasteiger partial charge in [0, 0.05) is 10.9 Å². The summed E-state index contributed by atoms with van der Waals surface area (Å²) in [5, 5.41) is 3.10. The van der Waals surface area contributed by atoms with Crippen molar-refractivity contribution in [1.29, 1.82) is 0 Å². The van der Waals surface area contributed by atoms with Gasteiger partial charge in [-0.05, 0) is 25.5 Å². The third kappa shape index (κ3) is 2.16. The SMILES string of the molecule is C=C(C)c1nc(-c2cccc(C)c2)cs1. The Morgan fingerprint density at radius 1 is 1.40 bits per heavy atom. The summed E-state index contributed by atoms with van der Waals surface area (Å²) >= 11 is 1.65. The lowest BCUT2D eigenvalue weighted by molar-refractivity contribution is 1.35. The van der Waals surface area contributed by atoms with Gasteiger partial charge in [0.25, 0.3) is 0 Å². The van der Waals surface area contributed by atoms with E-state index >= 15 is 0 Å². The zero-order valence-electron chi connectivity index (χ0n) is 8.95. The Balaban J connectivity index is 2.41. The van der Waals surface area contributed by atoms with Gasteiger partial charge in [-0.2, -0.15) is 0 Å². The van der Waals surface area contributed by atoms with E-state index in [0.29, 0.717) is 0 Å². The minimum atomic E-state index is 1.02. The number of rotatable bonds is 2. The molecule has 0 atom stereocenters. The summed E-state index contributed by atoms with van der Waals surface area (Å²) in [5.74, 6) is 0. The molecule has 0 aliphatic rings. The van der Waals surface area contributed by atoms with Crippen molar-refractivity contribution < 1.29 is 0 Å². The molecule has 0 aliphatic carbocycles. The van der Waals surface area contributed by atoms with Gasteiger partial charge in [0.05, 0.1) is 5.69 Å². The minimum Gasteiger partial charge on any atom is -0.236 e. The average Bonchev–Trinajstić information content (AvgIpc) is 2.66. The minimum absolute atomic E-state index is 1.02. The maximum Gasteiger partial charge on any atom is 0.119 e. The fraction of sp³-hybridized carbons (Fsp3) is 0.154. The van der Waals surface area contributed by atoms with Gasteiger partial charge in [0.1, 0.15) is 5.01 Å². The van der Waals surface area contributed by atoms with Crippen molar-refractivity contribution in [3.8, 4) is 11.3 Å². The molecule has 0 bridgehead atoms. The summed E-state index contributed by atoms with van der Waals surface area (Å²) in [6.45, 7) is 7.98. The summed E-state index contributed by atoms with van der Waals surface area (Å²) in [6.07, 6.45) is 0. The lowest BCUT2D eigenvalue weighted by atomic mass is 10.1. The molecule has 2 rings (SSSR count). The first-order valence-corrected chi connectivity index (χ1v) is 5.73. The number of benzene rings is 1. The van der Waals surface area contributed by atoms with Crippen LogP contribution in [0.2, 0.25) is 0 Å². The van der Waals surface area contributed by atoms with Crippen LogP contribution in [0.25, 0.3) is 16.8 Å². The molecular formula is C13H13NS. The van der Waals surface area contributed by atoms with Crippen LogP contribution >= 0.6 is 11.3 Å². The molecule has 1 aromatic carbocycles. The molecule has 0 saturated carbocycles. The van der Waals surface area contributed by atoms with Crippen molar-refractivity contribution in [3.63, 3.8) is 0 Å². The van der Waals surface area contributed by atoms with Crippen LogP contribution in [-0.2, 0) is 0 Å². The number of aryl methyl sites for hydroxylation is 1. The Labute approximate surface area is 94.1 Å². The predicted molar refractivity (Wildman–Crippen MR) is 67.0 cm³/mol. The topological polar surface area (TPSA) is 12.9 Å². The van der Waals surface area contributed by atoms with Crippen molar-refractivity contribution in [2.45, 2.75) is 13.8 Å². The molecule has 0 amide bonds. The molecule has 1 heterocycles. The van der Waals surface area contributed by atoms with Crippen LogP contribution < -0.4 is 0 Å². The van der Waals surface area contributed by atoms with Crippen LogP contribution in [0.1, 0.15) is 17.5 Å². The van der Waals surface area contributed by atoms with Crippen LogP contribution in [0.15, 0.2) is 36.2 Å². The molecule has 0 spiro atoms. The molecule has 76 valence electrons. The molecule has 1 nitrogen and oxygen atoms in total. The van der Waals surface area contributed by atoms with Crippen molar-refractivity contribution in [1.82, 2.24) is 4.98 Å². The molecule has 0 aliphatic heterocycles. The molecule has 0 fully saturated rings. The zero-order chi connectivity index (χ0) is 10.8.